The fourth-order valence-electron chi connectivity index (χ4n) is 1.13. The highest BCUT2D eigenvalue weighted by atomic mass is 16.5. The summed E-state index contributed by atoms with van der Waals surface area (Å²) in [5.74, 6) is -1.41. The smallest absolute Gasteiger partial charge is 0.323 e. The van der Waals surface area contributed by atoms with Gasteiger partial charge in [-0.25, -0.2) is 0 Å². The van der Waals surface area contributed by atoms with Crippen molar-refractivity contribution in [2.75, 3.05) is 13.1 Å². The summed E-state index contributed by atoms with van der Waals surface area (Å²) in [6.07, 6.45) is 1.42. The molecule has 15 heavy (non-hydrogen) atoms. The van der Waals surface area contributed by atoms with Crippen molar-refractivity contribution in [1.82, 2.24) is 10.1 Å². The Kier molecular flexibility index (Phi) is 3.43. The van der Waals surface area contributed by atoms with Gasteiger partial charge in [-0.2, -0.15) is 0 Å². The Morgan fingerprint density at radius 1 is 1.60 bits per heavy atom. The summed E-state index contributed by atoms with van der Waals surface area (Å²) in [7, 11) is 0. The molecular formula is C9H12N2O4. The largest absolute Gasteiger partial charge is 0.480 e. The van der Waals surface area contributed by atoms with Crippen LogP contribution in [0.3, 0.4) is 0 Å². The summed E-state index contributed by atoms with van der Waals surface area (Å²) in [4.78, 5) is 23.4. The van der Waals surface area contributed by atoms with Gasteiger partial charge in [0.25, 0.3) is 5.91 Å². The number of hydrogen-bond acceptors (Lipinski definition) is 4. The van der Waals surface area contributed by atoms with Gasteiger partial charge in [0.1, 0.15) is 6.54 Å². The number of hydrogen-bond donors (Lipinski definition) is 1. The van der Waals surface area contributed by atoms with Crippen molar-refractivity contribution >= 4 is 11.9 Å². The van der Waals surface area contributed by atoms with Gasteiger partial charge in [0.2, 0.25) is 5.76 Å². The summed E-state index contributed by atoms with van der Waals surface area (Å²) in [6.45, 7) is 3.35. The maximum atomic E-state index is 11.7. The molecule has 0 unspecified atom stereocenters. The quantitative estimate of drug-likeness (QED) is 0.787. The van der Waals surface area contributed by atoms with Crippen LogP contribution in [0.5, 0.6) is 0 Å². The number of carboxylic acids is 1. The van der Waals surface area contributed by atoms with Crippen LogP contribution in [0.15, 0.2) is 10.7 Å². The van der Waals surface area contributed by atoms with E-state index < -0.39 is 11.9 Å². The standard InChI is InChI=1S/C9H12N2O4/c1-3-11(5-7(12)13)9(14)8-6(2)4-10-15-8/h4H,3,5H2,1-2H3,(H,12,13). The predicted molar refractivity (Wildman–Crippen MR) is 50.5 cm³/mol. The zero-order valence-corrected chi connectivity index (χ0v) is 8.56. The Balaban J connectivity index is 2.82. The van der Waals surface area contributed by atoms with Crippen LogP contribution in [0.1, 0.15) is 23.0 Å². The van der Waals surface area contributed by atoms with Crippen molar-refractivity contribution in [3.05, 3.63) is 17.5 Å². The van der Waals surface area contributed by atoms with Gasteiger partial charge in [-0.1, -0.05) is 5.16 Å². The number of aromatic nitrogens is 1. The molecule has 0 aliphatic carbocycles. The number of carboxylic acid groups (broad SMARTS) is 1. The molecule has 1 heterocycles. The minimum absolute atomic E-state index is 0.0955. The van der Waals surface area contributed by atoms with E-state index in [0.717, 1.165) is 0 Å². The topological polar surface area (TPSA) is 83.6 Å². The van der Waals surface area contributed by atoms with E-state index in [-0.39, 0.29) is 12.3 Å². The molecule has 6 nitrogen and oxygen atoms in total. The molecule has 0 aromatic carbocycles. The fraction of sp³-hybridized carbons (Fsp3) is 0.444. The summed E-state index contributed by atoms with van der Waals surface area (Å²) in [6, 6.07) is 0. The third kappa shape index (κ3) is 2.55. The van der Waals surface area contributed by atoms with E-state index in [9.17, 15) is 9.59 Å². The lowest BCUT2D eigenvalue weighted by Crippen LogP contribution is -2.35. The van der Waals surface area contributed by atoms with E-state index >= 15 is 0 Å². The van der Waals surface area contributed by atoms with Crippen molar-refractivity contribution in [3.8, 4) is 0 Å². The molecule has 82 valence electrons. The van der Waals surface area contributed by atoms with Gasteiger partial charge in [-0.15, -0.1) is 0 Å². The molecule has 1 rings (SSSR count). The van der Waals surface area contributed by atoms with Gasteiger partial charge in [0.15, 0.2) is 0 Å². The number of carbonyl (C=O) groups excluding carboxylic acids is 1. The van der Waals surface area contributed by atoms with Gasteiger partial charge < -0.3 is 14.5 Å². The number of amides is 1. The number of rotatable bonds is 4. The second-order valence-electron chi connectivity index (χ2n) is 3.05. The summed E-state index contributed by atoms with van der Waals surface area (Å²) in [5, 5.41) is 12.1. The maximum absolute atomic E-state index is 11.7. The van der Waals surface area contributed by atoms with Gasteiger partial charge in [-0.3, -0.25) is 9.59 Å². The highest BCUT2D eigenvalue weighted by molar-refractivity contribution is 5.94. The first-order valence-corrected chi connectivity index (χ1v) is 4.48. The minimum Gasteiger partial charge on any atom is -0.480 e. The van der Waals surface area contributed by atoms with Gasteiger partial charge >= 0.3 is 5.97 Å². The lowest BCUT2D eigenvalue weighted by atomic mass is 10.2. The van der Waals surface area contributed by atoms with Crippen molar-refractivity contribution in [3.63, 3.8) is 0 Å². The minimum atomic E-state index is -1.05. The lowest BCUT2D eigenvalue weighted by molar-refractivity contribution is -0.137. The number of aryl methyl sites for hydroxylation is 1. The van der Waals surface area contributed by atoms with Crippen LogP contribution >= 0.6 is 0 Å². The molecule has 0 atom stereocenters. The summed E-state index contributed by atoms with van der Waals surface area (Å²) in [5.41, 5.74) is 0.601. The van der Waals surface area contributed by atoms with Crippen LogP contribution in [-0.4, -0.2) is 40.1 Å². The second-order valence-corrected chi connectivity index (χ2v) is 3.05. The Bertz CT molecular complexity index is 372. The lowest BCUT2D eigenvalue weighted by Gasteiger charge is -2.16. The third-order valence-electron chi connectivity index (χ3n) is 1.94. The first-order valence-electron chi connectivity index (χ1n) is 4.48. The average molecular weight is 212 g/mol. The van der Waals surface area contributed by atoms with E-state index in [1.807, 2.05) is 0 Å². The van der Waals surface area contributed by atoms with Crippen LogP contribution in [-0.2, 0) is 4.79 Å². The molecule has 0 aliphatic rings. The Hall–Kier alpha value is -1.85. The van der Waals surface area contributed by atoms with E-state index in [1.165, 1.54) is 11.1 Å². The molecule has 1 aromatic rings. The van der Waals surface area contributed by atoms with Gasteiger partial charge in [0.05, 0.1) is 6.20 Å². The summed E-state index contributed by atoms with van der Waals surface area (Å²) < 4.78 is 4.76. The monoisotopic (exact) mass is 212 g/mol. The van der Waals surface area contributed by atoms with Crippen LogP contribution in [0, 0.1) is 6.92 Å². The number of likely N-dealkylation sites (N-methyl/N-ethyl adjacent to an activating group) is 1. The molecule has 0 bridgehead atoms. The Morgan fingerprint density at radius 2 is 2.27 bits per heavy atom. The number of carbonyl (C=O) groups is 2. The molecule has 1 aromatic heterocycles. The molecule has 0 saturated carbocycles. The first-order chi connectivity index (χ1) is 7.06. The number of aliphatic carboxylic acids is 1. The van der Waals surface area contributed by atoms with Crippen molar-refractivity contribution in [2.24, 2.45) is 0 Å². The van der Waals surface area contributed by atoms with Gasteiger partial charge in [0, 0.05) is 12.1 Å². The SMILES string of the molecule is CCN(CC(=O)O)C(=O)c1oncc1C. The van der Waals surface area contributed by atoms with Gasteiger partial charge in [-0.05, 0) is 13.8 Å². The van der Waals surface area contributed by atoms with E-state index in [4.69, 9.17) is 9.63 Å². The van der Waals surface area contributed by atoms with Crippen LogP contribution in [0.4, 0.5) is 0 Å². The molecule has 0 fully saturated rings. The third-order valence-corrected chi connectivity index (χ3v) is 1.94. The van der Waals surface area contributed by atoms with Crippen LogP contribution in [0.2, 0.25) is 0 Å². The van der Waals surface area contributed by atoms with E-state index in [2.05, 4.69) is 5.16 Å². The maximum Gasteiger partial charge on any atom is 0.323 e. The predicted octanol–water partition coefficient (Wildman–Crippen LogP) is 0.530. The zero-order chi connectivity index (χ0) is 11.4. The van der Waals surface area contributed by atoms with Crippen LogP contribution < -0.4 is 0 Å². The highest BCUT2D eigenvalue weighted by Crippen LogP contribution is 2.09. The average Bonchev–Trinajstić information content (AvgIpc) is 2.59. The Morgan fingerprint density at radius 3 is 2.67 bits per heavy atom. The molecular weight excluding hydrogens is 200 g/mol. The fourth-order valence-corrected chi connectivity index (χ4v) is 1.13. The molecule has 0 aliphatic heterocycles. The number of nitrogens with zero attached hydrogens (tertiary/aromatic N) is 2. The Labute approximate surface area is 86.5 Å². The normalized spacial score (nSPS) is 10.0. The molecule has 0 saturated heterocycles. The molecule has 1 amide bonds. The molecule has 0 spiro atoms. The molecule has 1 N–H and O–H groups in total. The highest BCUT2D eigenvalue weighted by Gasteiger charge is 2.21. The molecule has 6 heteroatoms. The molecule has 0 radical (unpaired) electrons. The van der Waals surface area contributed by atoms with Crippen molar-refractivity contribution in [2.45, 2.75) is 13.8 Å². The zero-order valence-electron chi connectivity index (χ0n) is 8.56. The van der Waals surface area contributed by atoms with Crippen molar-refractivity contribution < 1.29 is 19.2 Å². The second kappa shape index (κ2) is 4.59. The van der Waals surface area contributed by atoms with E-state index in [1.54, 1.807) is 13.8 Å². The first kappa shape index (κ1) is 11.2. The van der Waals surface area contributed by atoms with Crippen molar-refractivity contribution in [1.29, 1.82) is 0 Å². The van der Waals surface area contributed by atoms with Crippen LogP contribution in [0.25, 0.3) is 0 Å². The summed E-state index contributed by atoms with van der Waals surface area (Å²) >= 11 is 0. The van der Waals surface area contributed by atoms with E-state index in [0.29, 0.717) is 12.1 Å².